The molecule has 1 N–H and O–H groups in total. The molecule has 0 spiro atoms. The summed E-state index contributed by atoms with van der Waals surface area (Å²) >= 11 is 1.43. The smallest absolute Gasteiger partial charge is 0.269 e. The van der Waals surface area contributed by atoms with Crippen molar-refractivity contribution in [1.82, 2.24) is 10.4 Å². The molecule has 2 aromatic carbocycles. The molecule has 3 aromatic rings. The van der Waals surface area contributed by atoms with Crippen LogP contribution < -0.4 is 5.43 Å². The first-order valence-corrected chi connectivity index (χ1v) is 9.48. The van der Waals surface area contributed by atoms with Gasteiger partial charge in [0.25, 0.3) is 5.69 Å². The van der Waals surface area contributed by atoms with E-state index >= 15 is 0 Å². The number of thioether (sulfide) groups is 1. The van der Waals surface area contributed by atoms with Gasteiger partial charge in [-0.25, -0.2) is 5.43 Å². The minimum atomic E-state index is -0.466. The highest BCUT2D eigenvalue weighted by atomic mass is 32.2. The third-order valence-corrected chi connectivity index (χ3v) is 4.98. The molecule has 1 aromatic heterocycles. The maximum atomic E-state index is 12.1. The Morgan fingerprint density at radius 1 is 1.21 bits per heavy atom. The van der Waals surface area contributed by atoms with Gasteiger partial charge in [0, 0.05) is 28.1 Å². The summed E-state index contributed by atoms with van der Waals surface area (Å²) in [6.45, 7) is 3.95. The molecule has 0 saturated heterocycles. The van der Waals surface area contributed by atoms with Gasteiger partial charge in [-0.1, -0.05) is 11.6 Å². The Bertz CT molecular complexity index is 1060. The van der Waals surface area contributed by atoms with Gasteiger partial charge in [0.15, 0.2) is 0 Å². The van der Waals surface area contributed by atoms with Crippen LogP contribution in [0.4, 0.5) is 5.69 Å². The highest BCUT2D eigenvalue weighted by Gasteiger charge is 2.08. The lowest BCUT2D eigenvalue weighted by Gasteiger charge is -2.08. The summed E-state index contributed by atoms with van der Waals surface area (Å²) in [4.78, 5) is 27.8. The van der Waals surface area contributed by atoms with Crippen LogP contribution in [0.5, 0.6) is 0 Å². The molecule has 0 aliphatic heterocycles. The molecule has 142 valence electrons. The van der Waals surface area contributed by atoms with Gasteiger partial charge in [-0.15, -0.1) is 11.8 Å². The number of hydrogen-bond acceptors (Lipinski definition) is 6. The Labute approximate surface area is 166 Å². The van der Waals surface area contributed by atoms with E-state index in [0.29, 0.717) is 5.56 Å². The van der Waals surface area contributed by atoms with E-state index in [-0.39, 0.29) is 17.3 Å². The first kappa shape index (κ1) is 19.5. The van der Waals surface area contributed by atoms with Crippen LogP contribution in [-0.4, -0.2) is 27.8 Å². The van der Waals surface area contributed by atoms with Crippen LogP contribution in [0.25, 0.3) is 10.9 Å². The van der Waals surface area contributed by atoms with Crippen molar-refractivity contribution in [2.75, 3.05) is 5.75 Å². The van der Waals surface area contributed by atoms with Crippen molar-refractivity contribution in [1.29, 1.82) is 0 Å². The van der Waals surface area contributed by atoms with E-state index < -0.39 is 4.92 Å². The monoisotopic (exact) mass is 394 g/mol. The first-order valence-electron chi connectivity index (χ1n) is 8.49. The topological polar surface area (TPSA) is 97.5 Å². The Morgan fingerprint density at radius 3 is 2.68 bits per heavy atom. The van der Waals surface area contributed by atoms with Crippen LogP contribution in [0.1, 0.15) is 16.8 Å². The number of nitrogens with one attached hydrogen (secondary N) is 1. The van der Waals surface area contributed by atoms with Crippen molar-refractivity contribution in [2.45, 2.75) is 18.7 Å². The van der Waals surface area contributed by atoms with Crippen molar-refractivity contribution in [3.05, 3.63) is 75.5 Å². The molecule has 1 heterocycles. The SMILES string of the molecule is Cc1ccc2nc(C)cc(SCC(=O)N/N=C\c3ccc([N+](=O)[O-])cc3)c2c1. The zero-order valence-electron chi connectivity index (χ0n) is 15.4. The van der Waals surface area contributed by atoms with Crippen LogP contribution >= 0.6 is 11.8 Å². The maximum absolute atomic E-state index is 12.1. The third-order valence-electron chi connectivity index (χ3n) is 3.92. The first-order chi connectivity index (χ1) is 13.4. The zero-order valence-corrected chi connectivity index (χ0v) is 16.2. The second kappa shape index (κ2) is 8.62. The lowest BCUT2D eigenvalue weighted by atomic mass is 10.1. The quantitative estimate of drug-likeness (QED) is 0.295. The third kappa shape index (κ3) is 4.92. The van der Waals surface area contributed by atoms with E-state index in [2.05, 4.69) is 21.6 Å². The average molecular weight is 394 g/mol. The summed E-state index contributed by atoms with van der Waals surface area (Å²) in [7, 11) is 0. The fourth-order valence-corrected chi connectivity index (χ4v) is 3.51. The van der Waals surface area contributed by atoms with Gasteiger partial charge >= 0.3 is 0 Å². The molecule has 0 unspecified atom stereocenters. The van der Waals surface area contributed by atoms with E-state index in [9.17, 15) is 14.9 Å². The molecular weight excluding hydrogens is 376 g/mol. The van der Waals surface area contributed by atoms with E-state index in [0.717, 1.165) is 27.1 Å². The minimum absolute atomic E-state index is 0.00712. The number of hydrogen-bond donors (Lipinski definition) is 1. The van der Waals surface area contributed by atoms with Gasteiger partial charge in [-0.2, -0.15) is 5.10 Å². The summed E-state index contributed by atoms with van der Waals surface area (Å²) in [6.07, 6.45) is 1.45. The fraction of sp³-hybridized carbons (Fsp3) is 0.150. The number of carbonyl (C=O) groups is 1. The average Bonchev–Trinajstić information content (AvgIpc) is 2.67. The van der Waals surface area contributed by atoms with Crippen LogP contribution in [-0.2, 0) is 4.79 Å². The zero-order chi connectivity index (χ0) is 20.1. The number of carbonyl (C=O) groups excluding carboxylic acids is 1. The molecule has 3 rings (SSSR count). The second-order valence-electron chi connectivity index (χ2n) is 6.21. The summed E-state index contributed by atoms with van der Waals surface area (Å²) in [5, 5.41) is 15.6. The van der Waals surface area contributed by atoms with Gasteiger partial charge in [-0.3, -0.25) is 19.9 Å². The largest absolute Gasteiger partial charge is 0.272 e. The number of benzene rings is 2. The van der Waals surface area contributed by atoms with E-state index in [1.165, 1.54) is 30.1 Å². The molecule has 0 atom stereocenters. The summed E-state index contributed by atoms with van der Waals surface area (Å²) in [6, 6.07) is 13.9. The molecule has 0 aliphatic carbocycles. The number of nitrogens with zero attached hydrogens (tertiary/aromatic N) is 3. The summed E-state index contributed by atoms with van der Waals surface area (Å²) in [5.74, 6) is -0.0252. The summed E-state index contributed by atoms with van der Waals surface area (Å²) in [5.41, 5.74) is 6.08. The molecular formula is C20H18N4O3S. The standard InChI is InChI=1S/C20H18N4O3S/c1-13-3-8-18-17(9-13)19(10-14(2)22-18)28-12-20(25)23-21-11-15-4-6-16(7-5-15)24(26)27/h3-11H,12H2,1-2H3,(H,23,25)/b21-11-. The van der Waals surface area contributed by atoms with Crippen molar-refractivity contribution >= 4 is 40.5 Å². The van der Waals surface area contributed by atoms with Gasteiger partial charge in [0.1, 0.15) is 0 Å². The Morgan fingerprint density at radius 2 is 1.96 bits per heavy atom. The maximum Gasteiger partial charge on any atom is 0.269 e. The normalized spacial score (nSPS) is 11.1. The van der Waals surface area contributed by atoms with Gasteiger partial charge in [-0.05, 0) is 49.7 Å². The fourth-order valence-electron chi connectivity index (χ4n) is 2.59. The number of non-ortho nitro benzene ring substituents is 1. The minimum Gasteiger partial charge on any atom is -0.272 e. The van der Waals surface area contributed by atoms with Gasteiger partial charge in [0.2, 0.25) is 5.91 Å². The van der Waals surface area contributed by atoms with Crippen molar-refractivity contribution in [2.24, 2.45) is 5.10 Å². The summed E-state index contributed by atoms with van der Waals surface area (Å²) < 4.78 is 0. The molecule has 0 bridgehead atoms. The number of nitro benzene ring substituents is 1. The lowest BCUT2D eigenvalue weighted by molar-refractivity contribution is -0.384. The van der Waals surface area contributed by atoms with Crippen LogP contribution in [0, 0.1) is 24.0 Å². The number of nitro groups is 1. The number of aromatic nitrogens is 1. The molecule has 0 fully saturated rings. The number of aryl methyl sites for hydroxylation is 2. The van der Waals surface area contributed by atoms with E-state index in [1.807, 2.05) is 32.0 Å². The van der Waals surface area contributed by atoms with Crippen LogP contribution in [0.2, 0.25) is 0 Å². The molecule has 0 saturated carbocycles. The number of hydrazone groups is 1. The van der Waals surface area contributed by atoms with Gasteiger partial charge < -0.3 is 0 Å². The van der Waals surface area contributed by atoms with Crippen LogP contribution in [0.15, 0.2) is 58.5 Å². The highest BCUT2D eigenvalue weighted by Crippen LogP contribution is 2.28. The predicted molar refractivity (Wildman–Crippen MR) is 111 cm³/mol. The Balaban J connectivity index is 1.61. The van der Waals surface area contributed by atoms with Crippen LogP contribution in [0.3, 0.4) is 0 Å². The molecule has 7 nitrogen and oxygen atoms in total. The molecule has 8 heteroatoms. The second-order valence-corrected chi connectivity index (χ2v) is 7.23. The molecule has 0 aliphatic rings. The molecule has 28 heavy (non-hydrogen) atoms. The van der Waals surface area contributed by atoms with E-state index in [1.54, 1.807) is 12.1 Å². The molecule has 1 amide bonds. The number of rotatable bonds is 6. The number of pyridine rings is 1. The predicted octanol–water partition coefficient (Wildman–Crippen LogP) is 4.00. The van der Waals surface area contributed by atoms with Crippen molar-refractivity contribution in [3.63, 3.8) is 0 Å². The van der Waals surface area contributed by atoms with Gasteiger partial charge in [0.05, 0.1) is 22.4 Å². The molecule has 0 radical (unpaired) electrons. The number of amides is 1. The Hall–Kier alpha value is -3.26. The Kier molecular flexibility index (Phi) is 6.00. The van der Waals surface area contributed by atoms with E-state index in [4.69, 9.17) is 0 Å². The number of fused-ring (bicyclic) bond motifs is 1. The van der Waals surface area contributed by atoms with Crippen molar-refractivity contribution in [3.8, 4) is 0 Å². The van der Waals surface area contributed by atoms with Crippen molar-refractivity contribution < 1.29 is 9.72 Å². The lowest BCUT2D eigenvalue weighted by Crippen LogP contribution is -2.19. The highest BCUT2D eigenvalue weighted by molar-refractivity contribution is 8.00.